The Morgan fingerprint density at radius 3 is 2.25 bits per heavy atom. The largest absolute Gasteiger partial charge is 0.388 e. The van der Waals surface area contributed by atoms with E-state index in [1.807, 2.05) is 13.8 Å². The zero-order chi connectivity index (χ0) is 13.0. The van der Waals surface area contributed by atoms with Gasteiger partial charge in [-0.2, -0.15) is 0 Å². The Kier molecular flexibility index (Phi) is 5.42. The van der Waals surface area contributed by atoms with Gasteiger partial charge in [0.25, 0.3) is 0 Å². The van der Waals surface area contributed by atoms with Crippen LogP contribution in [0.1, 0.15) is 47.5 Å². The Morgan fingerprint density at radius 2 is 1.88 bits per heavy atom. The lowest BCUT2D eigenvalue weighted by Gasteiger charge is -2.26. The van der Waals surface area contributed by atoms with Crippen LogP contribution in [0.4, 0.5) is 0 Å². The molecule has 0 aliphatic heterocycles. The molecule has 0 aliphatic rings. The summed E-state index contributed by atoms with van der Waals surface area (Å²) in [7, 11) is 0. The minimum atomic E-state index is -0.845. The lowest BCUT2D eigenvalue weighted by Crippen LogP contribution is -2.45. The van der Waals surface area contributed by atoms with E-state index >= 15 is 0 Å². The Bertz CT molecular complexity index is 230. The van der Waals surface area contributed by atoms with Crippen LogP contribution in [0.2, 0.25) is 0 Å². The van der Waals surface area contributed by atoms with Crippen molar-refractivity contribution in [1.29, 1.82) is 0 Å². The van der Waals surface area contributed by atoms with Crippen LogP contribution in [0.15, 0.2) is 0 Å². The predicted octanol–water partition coefficient (Wildman–Crippen LogP) is 1.03. The highest BCUT2D eigenvalue weighted by atomic mass is 16.3. The van der Waals surface area contributed by atoms with Gasteiger partial charge in [0.1, 0.15) is 0 Å². The van der Waals surface area contributed by atoms with Crippen molar-refractivity contribution in [2.75, 3.05) is 6.54 Å². The van der Waals surface area contributed by atoms with Gasteiger partial charge in [-0.25, -0.2) is 0 Å². The highest BCUT2D eigenvalue weighted by Gasteiger charge is 2.23. The Hall–Kier alpha value is -0.610. The van der Waals surface area contributed by atoms with Crippen molar-refractivity contribution in [2.45, 2.75) is 58.6 Å². The molecule has 96 valence electrons. The summed E-state index contributed by atoms with van der Waals surface area (Å²) in [5.74, 6) is 0.286. The third-order valence-corrected chi connectivity index (χ3v) is 2.13. The molecule has 0 bridgehead atoms. The number of carbonyl (C=O) groups excluding carboxylic acids is 1. The molecule has 4 N–H and O–H groups in total. The zero-order valence-electron chi connectivity index (χ0n) is 11.1. The van der Waals surface area contributed by atoms with Crippen LogP contribution < -0.4 is 11.1 Å². The van der Waals surface area contributed by atoms with Crippen molar-refractivity contribution in [1.82, 2.24) is 5.32 Å². The first-order valence-corrected chi connectivity index (χ1v) is 5.80. The fraction of sp³-hybridized carbons (Fsp3) is 0.917. The molecule has 0 saturated carbocycles. The quantitative estimate of drug-likeness (QED) is 0.638. The first-order valence-electron chi connectivity index (χ1n) is 5.80. The van der Waals surface area contributed by atoms with Crippen LogP contribution >= 0.6 is 0 Å². The maximum absolute atomic E-state index is 11.5. The second-order valence-corrected chi connectivity index (χ2v) is 6.04. The Morgan fingerprint density at radius 1 is 1.38 bits per heavy atom. The lowest BCUT2D eigenvalue weighted by atomic mass is 9.94. The number of carbonyl (C=O) groups is 1. The maximum Gasteiger partial charge on any atom is 0.221 e. The third kappa shape index (κ3) is 8.68. The molecule has 0 aromatic heterocycles. The van der Waals surface area contributed by atoms with Crippen LogP contribution in [0.3, 0.4) is 0 Å². The van der Waals surface area contributed by atoms with Gasteiger partial charge in [0, 0.05) is 18.5 Å². The van der Waals surface area contributed by atoms with Crippen molar-refractivity contribution in [3.05, 3.63) is 0 Å². The number of nitrogens with two attached hydrogens (primary N) is 1. The number of hydrogen-bond donors (Lipinski definition) is 3. The number of amides is 1. The fourth-order valence-corrected chi connectivity index (χ4v) is 1.72. The van der Waals surface area contributed by atoms with Crippen LogP contribution in [0.25, 0.3) is 0 Å². The van der Waals surface area contributed by atoms with Gasteiger partial charge >= 0.3 is 0 Å². The molecule has 0 fully saturated rings. The van der Waals surface area contributed by atoms with Crippen LogP contribution in [0.5, 0.6) is 0 Å². The van der Waals surface area contributed by atoms with E-state index in [-0.39, 0.29) is 18.9 Å². The second-order valence-electron chi connectivity index (χ2n) is 6.04. The normalized spacial score (nSPS) is 16.0. The van der Waals surface area contributed by atoms with Gasteiger partial charge < -0.3 is 16.2 Å². The molecule has 16 heavy (non-hydrogen) atoms. The first-order chi connectivity index (χ1) is 7.02. The second kappa shape index (κ2) is 5.64. The van der Waals surface area contributed by atoms with Gasteiger partial charge in [0.15, 0.2) is 0 Å². The van der Waals surface area contributed by atoms with E-state index in [2.05, 4.69) is 5.32 Å². The molecule has 4 nitrogen and oxygen atoms in total. The zero-order valence-corrected chi connectivity index (χ0v) is 11.1. The van der Waals surface area contributed by atoms with Gasteiger partial charge in [-0.1, -0.05) is 13.8 Å². The Labute approximate surface area is 98.6 Å². The molecule has 0 heterocycles. The van der Waals surface area contributed by atoms with Crippen molar-refractivity contribution >= 4 is 5.91 Å². The molecule has 0 aromatic carbocycles. The van der Waals surface area contributed by atoms with Crippen molar-refractivity contribution in [3.63, 3.8) is 0 Å². The van der Waals surface area contributed by atoms with E-state index in [4.69, 9.17) is 5.73 Å². The number of rotatable bonds is 6. The van der Waals surface area contributed by atoms with E-state index in [1.165, 1.54) is 0 Å². The summed E-state index contributed by atoms with van der Waals surface area (Å²) in [5, 5.41) is 12.7. The molecule has 0 aliphatic carbocycles. The topological polar surface area (TPSA) is 75.3 Å². The molecule has 0 radical (unpaired) electrons. The first kappa shape index (κ1) is 15.4. The van der Waals surface area contributed by atoms with E-state index in [0.717, 1.165) is 0 Å². The number of nitrogens with one attached hydrogen (secondary N) is 1. The van der Waals surface area contributed by atoms with Gasteiger partial charge in [0.05, 0.1) is 5.60 Å². The van der Waals surface area contributed by atoms with Crippen molar-refractivity contribution in [3.8, 4) is 0 Å². The summed E-state index contributed by atoms with van der Waals surface area (Å²) in [5.41, 5.74) is 4.38. The highest BCUT2D eigenvalue weighted by Crippen LogP contribution is 2.15. The average Bonchev–Trinajstić information content (AvgIpc) is 1.95. The molecule has 4 heteroatoms. The van der Waals surface area contributed by atoms with Crippen LogP contribution in [0, 0.1) is 5.92 Å². The van der Waals surface area contributed by atoms with E-state index < -0.39 is 11.1 Å². The Balaban J connectivity index is 4.00. The maximum atomic E-state index is 11.5. The molecule has 1 atom stereocenters. The summed E-state index contributed by atoms with van der Waals surface area (Å²) in [4.78, 5) is 11.5. The van der Waals surface area contributed by atoms with E-state index in [1.54, 1.807) is 20.8 Å². The lowest BCUT2D eigenvalue weighted by molar-refractivity contribution is -0.123. The van der Waals surface area contributed by atoms with Crippen LogP contribution in [-0.4, -0.2) is 28.7 Å². The third-order valence-electron chi connectivity index (χ3n) is 2.13. The minimum absolute atomic E-state index is 0.114. The van der Waals surface area contributed by atoms with Crippen molar-refractivity contribution < 1.29 is 9.90 Å². The summed E-state index contributed by atoms with van der Waals surface area (Å²) in [6.07, 6.45) is 0.935. The van der Waals surface area contributed by atoms with E-state index in [0.29, 0.717) is 12.3 Å². The fourth-order valence-electron chi connectivity index (χ4n) is 1.72. The predicted molar refractivity (Wildman–Crippen MR) is 66.0 cm³/mol. The molecule has 0 rings (SSSR count). The molecule has 0 aromatic rings. The molecule has 0 spiro atoms. The number of aliphatic hydroxyl groups is 1. The minimum Gasteiger partial charge on any atom is -0.388 e. The van der Waals surface area contributed by atoms with Crippen molar-refractivity contribution in [2.24, 2.45) is 11.7 Å². The monoisotopic (exact) mass is 230 g/mol. The van der Waals surface area contributed by atoms with Gasteiger partial charge in [-0.3, -0.25) is 4.79 Å². The molecule has 1 unspecified atom stereocenters. The smallest absolute Gasteiger partial charge is 0.221 e. The SMILES string of the molecule is CC(C)CC(C)(O)CNC(=O)CC(C)(C)N. The number of hydrogen-bond acceptors (Lipinski definition) is 3. The van der Waals surface area contributed by atoms with Gasteiger partial charge in [-0.05, 0) is 33.1 Å². The standard InChI is InChI=1S/C12H26N2O2/c1-9(2)6-12(5,16)8-14-10(15)7-11(3,4)13/h9,16H,6-8,13H2,1-5H3,(H,14,15). The summed E-state index contributed by atoms with van der Waals surface area (Å²) >= 11 is 0. The molecule has 0 saturated heterocycles. The summed E-state index contributed by atoms with van der Waals surface area (Å²) in [6, 6.07) is 0. The average molecular weight is 230 g/mol. The van der Waals surface area contributed by atoms with Crippen LogP contribution in [-0.2, 0) is 4.79 Å². The van der Waals surface area contributed by atoms with Gasteiger partial charge in [-0.15, -0.1) is 0 Å². The summed E-state index contributed by atoms with van der Waals surface area (Å²) < 4.78 is 0. The molecular weight excluding hydrogens is 204 g/mol. The molecular formula is C12H26N2O2. The van der Waals surface area contributed by atoms with Gasteiger partial charge in [0.2, 0.25) is 5.91 Å². The molecule has 1 amide bonds. The van der Waals surface area contributed by atoms with E-state index in [9.17, 15) is 9.90 Å². The summed E-state index contributed by atoms with van der Waals surface area (Å²) in [6.45, 7) is 9.71. The highest BCUT2D eigenvalue weighted by molar-refractivity contribution is 5.77.